The molecule has 2 aromatic rings. The lowest BCUT2D eigenvalue weighted by Gasteiger charge is -2.28. The van der Waals surface area contributed by atoms with Crippen molar-refractivity contribution in [3.63, 3.8) is 0 Å². The van der Waals surface area contributed by atoms with E-state index in [9.17, 15) is 16.8 Å². The quantitative estimate of drug-likeness (QED) is 0.380. The zero-order valence-electron chi connectivity index (χ0n) is 21.4. The van der Waals surface area contributed by atoms with Crippen LogP contribution in [0.15, 0.2) is 70.5 Å². The van der Waals surface area contributed by atoms with Crippen LogP contribution in [0.1, 0.15) is 24.0 Å². The number of hydrogen-bond acceptors (Lipinski definition) is 6. The second kappa shape index (κ2) is 7.80. The van der Waals surface area contributed by atoms with Crippen molar-refractivity contribution in [2.24, 2.45) is 59.2 Å². The Kier molecular flexibility index (Phi) is 4.90. The summed E-state index contributed by atoms with van der Waals surface area (Å²) >= 11 is 0. The van der Waals surface area contributed by atoms with Crippen LogP contribution in [0.5, 0.6) is 0 Å². The zero-order chi connectivity index (χ0) is 26.1. The average Bonchev–Trinajstić information content (AvgIpc) is 3.65. The third-order valence-electron chi connectivity index (χ3n) is 11.1. The van der Waals surface area contributed by atoms with Gasteiger partial charge in [0.05, 0.1) is 22.0 Å². The van der Waals surface area contributed by atoms with E-state index in [0.717, 1.165) is 24.0 Å². The first-order valence-corrected chi connectivity index (χ1v) is 16.6. The van der Waals surface area contributed by atoms with Gasteiger partial charge in [0.1, 0.15) is 0 Å². The summed E-state index contributed by atoms with van der Waals surface area (Å²) in [6.07, 6.45) is 5.39. The number of allylic oxidation sites excluding steroid dienone is 2. The highest BCUT2D eigenvalue weighted by Crippen LogP contribution is 2.79. The highest BCUT2D eigenvalue weighted by atomic mass is 32.2. The fourth-order valence-electron chi connectivity index (χ4n) is 10.1. The first kappa shape index (κ1) is 23.9. The molecular weight excluding hydrogens is 520 g/mol. The molecule has 5 saturated carbocycles. The number of fused-ring (bicyclic) bond motifs is 3. The Morgan fingerprint density at radius 3 is 1.34 bits per heavy atom. The smallest absolute Gasteiger partial charge is 0.263 e. The second-order valence-corrected chi connectivity index (χ2v) is 15.8. The van der Waals surface area contributed by atoms with Crippen molar-refractivity contribution in [2.45, 2.75) is 48.7 Å². The monoisotopic (exact) mass is 552 g/mol. The Morgan fingerprint density at radius 2 is 0.947 bits per heavy atom. The van der Waals surface area contributed by atoms with Gasteiger partial charge in [-0.15, -0.1) is 0 Å². The highest BCUT2D eigenvalue weighted by Gasteiger charge is 2.77. The fraction of sp³-hybridized carbons (Fsp3) is 0.533. The summed E-state index contributed by atoms with van der Waals surface area (Å²) in [5.41, 5.74) is 2.01. The Labute approximate surface area is 224 Å². The number of benzene rings is 2. The molecule has 5 fully saturated rings. The van der Waals surface area contributed by atoms with Crippen molar-refractivity contribution in [3.8, 4) is 0 Å². The topological polar surface area (TPSA) is 86.7 Å². The molecule has 0 N–H and O–H groups in total. The molecule has 0 bridgehead atoms. The number of hydrogen-bond donors (Lipinski definition) is 0. The van der Waals surface area contributed by atoms with Crippen molar-refractivity contribution in [3.05, 3.63) is 71.8 Å². The fourth-order valence-corrected chi connectivity index (χ4v) is 12.3. The maximum atomic E-state index is 13.3. The van der Waals surface area contributed by atoms with Crippen LogP contribution in [0.2, 0.25) is 0 Å². The van der Waals surface area contributed by atoms with Crippen molar-refractivity contribution >= 4 is 20.2 Å². The molecule has 8 rings (SSSR count). The van der Waals surface area contributed by atoms with E-state index < -0.39 is 20.2 Å². The molecule has 12 atom stereocenters. The molecule has 0 saturated heterocycles. The van der Waals surface area contributed by atoms with E-state index >= 15 is 0 Å². The molecular formula is C30H32O6S2. The SMILES string of the molecule is Cc1ccc(S(=O)(=O)O[C@H]2C[C@@H]3[C@@H]4C[C@@H](OS(=O)(=O)c5ccc(C)cc5)[C@H]5[C@H]4C4C6[C@@H](C=C[C@H]65)[C@@H]2[C@@H]43)cc1. The molecule has 0 radical (unpaired) electrons. The minimum atomic E-state index is -3.86. The van der Waals surface area contributed by atoms with Crippen LogP contribution in [-0.2, 0) is 28.6 Å². The van der Waals surface area contributed by atoms with Gasteiger partial charge >= 0.3 is 0 Å². The van der Waals surface area contributed by atoms with E-state index in [4.69, 9.17) is 8.37 Å². The van der Waals surface area contributed by atoms with Gasteiger partial charge in [0.2, 0.25) is 0 Å². The first-order valence-electron chi connectivity index (χ1n) is 13.8. The minimum Gasteiger partial charge on any atom is -0.263 e. The van der Waals surface area contributed by atoms with E-state index in [1.54, 1.807) is 48.5 Å². The lowest BCUT2D eigenvalue weighted by Crippen LogP contribution is -2.31. The summed E-state index contributed by atoms with van der Waals surface area (Å²) in [5.74, 6) is 3.68. The van der Waals surface area contributed by atoms with Crippen molar-refractivity contribution in [2.75, 3.05) is 0 Å². The molecule has 0 aromatic heterocycles. The van der Waals surface area contributed by atoms with Crippen LogP contribution in [0, 0.1) is 73.0 Å². The van der Waals surface area contributed by atoms with Gasteiger partial charge in [0.25, 0.3) is 20.2 Å². The van der Waals surface area contributed by atoms with E-state index in [2.05, 4.69) is 12.2 Å². The van der Waals surface area contributed by atoms with Crippen LogP contribution in [0.25, 0.3) is 0 Å². The van der Waals surface area contributed by atoms with Gasteiger partial charge in [-0.2, -0.15) is 16.8 Å². The van der Waals surface area contributed by atoms with E-state index in [-0.39, 0.29) is 33.8 Å². The molecule has 2 unspecified atom stereocenters. The van der Waals surface area contributed by atoms with Gasteiger partial charge in [-0.1, -0.05) is 47.5 Å². The van der Waals surface area contributed by atoms with Crippen molar-refractivity contribution in [1.82, 2.24) is 0 Å². The van der Waals surface area contributed by atoms with Crippen LogP contribution in [0.4, 0.5) is 0 Å². The largest absolute Gasteiger partial charge is 0.297 e. The molecule has 0 spiro atoms. The lowest BCUT2D eigenvalue weighted by atomic mass is 9.83. The third kappa shape index (κ3) is 3.12. The Morgan fingerprint density at radius 1 is 0.553 bits per heavy atom. The summed E-state index contributed by atoms with van der Waals surface area (Å²) in [4.78, 5) is 0.429. The van der Waals surface area contributed by atoms with Gasteiger partial charge in [-0.05, 0) is 110 Å². The maximum Gasteiger partial charge on any atom is 0.297 e. The molecule has 0 aliphatic heterocycles. The molecule has 6 nitrogen and oxygen atoms in total. The van der Waals surface area contributed by atoms with Gasteiger partial charge in [-0.25, -0.2) is 0 Å². The zero-order valence-corrected chi connectivity index (χ0v) is 23.0. The van der Waals surface area contributed by atoms with Crippen molar-refractivity contribution < 1.29 is 25.2 Å². The van der Waals surface area contributed by atoms with E-state index in [1.807, 2.05) is 13.8 Å². The summed E-state index contributed by atoms with van der Waals surface area (Å²) in [6, 6.07) is 13.7. The molecule has 38 heavy (non-hydrogen) atoms. The first-order chi connectivity index (χ1) is 18.1. The Bertz CT molecular complexity index is 1430. The number of rotatable bonds is 6. The van der Waals surface area contributed by atoms with Crippen LogP contribution in [0.3, 0.4) is 0 Å². The molecule has 0 heterocycles. The standard InChI is InChI=1S/C30H32O6S2/c1-15-3-7-17(8-4-15)37(31,32)35-23-13-21-22-14-24(36-38(33,34)18-9-5-16(2)6-10-18)27-20-12-11-19-25(20)30(29(22)27)28(21)26(19)23/h3-12,19-30H,13-14H2,1-2H3/t19-,20-,21-,22+,23+,24-,25?,26+,27+,28+,29+,30?/m1/s1. The average molecular weight is 553 g/mol. The van der Waals surface area contributed by atoms with Crippen molar-refractivity contribution in [1.29, 1.82) is 0 Å². The molecule has 8 heteroatoms. The molecule has 2 aromatic carbocycles. The predicted octanol–water partition coefficient (Wildman–Crippen LogP) is 4.73. The Balaban J connectivity index is 1.09. The van der Waals surface area contributed by atoms with Crippen LogP contribution in [-0.4, -0.2) is 29.0 Å². The minimum absolute atomic E-state index is 0.215. The van der Waals surface area contributed by atoms with Crippen LogP contribution < -0.4 is 0 Å². The van der Waals surface area contributed by atoms with E-state index in [0.29, 0.717) is 47.3 Å². The molecule has 200 valence electrons. The van der Waals surface area contributed by atoms with Crippen LogP contribution >= 0.6 is 0 Å². The maximum absolute atomic E-state index is 13.3. The molecule has 6 aliphatic rings. The normalized spacial score (nSPS) is 43.3. The highest BCUT2D eigenvalue weighted by molar-refractivity contribution is 7.87. The predicted molar refractivity (Wildman–Crippen MR) is 140 cm³/mol. The number of aryl methyl sites for hydroxylation is 2. The third-order valence-corrected chi connectivity index (χ3v) is 13.8. The van der Waals surface area contributed by atoms with Gasteiger partial charge in [-0.3, -0.25) is 8.37 Å². The van der Waals surface area contributed by atoms with Gasteiger partial charge < -0.3 is 0 Å². The summed E-state index contributed by atoms with van der Waals surface area (Å²) in [6.45, 7) is 3.87. The summed E-state index contributed by atoms with van der Waals surface area (Å²) < 4.78 is 65.1. The lowest BCUT2D eigenvalue weighted by molar-refractivity contribution is 0.108. The van der Waals surface area contributed by atoms with Gasteiger partial charge in [0, 0.05) is 0 Å². The summed E-state index contributed by atoms with van der Waals surface area (Å²) in [5, 5.41) is 0. The Hall–Kier alpha value is -2.00. The molecule has 0 amide bonds. The van der Waals surface area contributed by atoms with E-state index in [1.165, 1.54) is 0 Å². The second-order valence-electron chi connectivity index (χ2n) is 12.6. The van der Waals surface area contributed by atoms with Gasteiger partial charge in [0.15, 0.2) is 0 Å². The summed E-state index contributed by atoms with van der Waals surface area (Å²) in [7, 11) is -7.71. The molecule has 6 aliphatic carbocycles.